The minimum Gasteiger partial charge on any atom is -0.300 e. The molecule has 0 radical (unpaired) electrons. The van der Waals surface area contributed by atoms with Crippen molar-refractivity contribution in [3.05, 3.63) is 0 Å². The van der Waals surface area contributed by atoms with Gasteiger partial charge >= 0.3 is 0 Å². The lowest BCUT2D eigenvalue weighted by molar-refractivity contribution is -0.116. The monoisotopic (exact) mass is 160 g/mol. The highest BCUT2D eigenvalue weighted by Gasteiger charge is 2.07. The topological polar surface area (TPSA) is 34.1 Å². The zero-order valence-electron chi connectivity index (χ0n) is 6.51. The first-order chi connectivity index (χ1) is 4.52. The molecule has 2 nitrogen and oxygen atoms in total. The second-order valence-corrected chi connectivity index (χ2v) is 3.94. The summed E-state index contributed by atoms with van der Waals surface area (Å²) in [5, 5.41) is 0.212. The van der Waals surface area contributed by atoms with Crippen LogP contribution in [0.2, 0.25) is 0 Å². The molecule has 0 saturated carbocycles. The van der Waals surface area contributed by atoms with Crippen LogP contribution in [0.15, 0.2) is 0 Å². The molecule has 0 aromatic heterocycles. The number of hydrogen-bond acceptors (Lipinski definition) is 3. The maximum atomic E-state index is 10.5. The van der Waals surface area contributed by atoms with Crippen LogP contribution in [0.1, 0.15) is 27.2 Å². The highest BCUT2D eigenvalue weighted by Crippen LogP contribution is 2.14. The van der Waals surface area contributed by atoms with Gasteiger partial charge in [-0.15, -0.1) is 0 Å². The Hall–Kier alpha value is -0.310. The average molecular weight is 160 g/mol. The first-order valence-corrected chi connectivity index (χ1v) is 4.07. The van der Waals surface area contributed by atoms with Gasteiger partial charge < -0.3 is 0 Å². The summed E-state index contributed by atoms with van der Waals surface area (Å²) in [6.45, 7) is 4.94. The molecule has 0 aliphatic heterocycles. The minimum atomic E-state index is 0.0775. The van der Waals surface area contributed by atoms with Crippen molar-refractivity contribution >= 4 is 22.7 Å². The van der Waals surface area contributed by atoms with Crippen molar-refractivity contribution in [3.63, 3.8) is 0 Å². The van der Waals surface area contributed by atoms with Gasteiger partial charge in [-0.3, -0.25) is 9.59 Å². The Bertz CT molecular complexity index is 127. The average Bonchev–Trinajstić information content (AvgIpc) is 1.58. The van der Waals surface area contributed by atoms with Crippen molar-refractivity contribution in [2.24, 2.45) is 0 Å². The molecule has 0 aromatic rings. The number of thioether (sulfide) groups is 1. The summed E-state index contributed by atoms with van der Waals surface area (Å²) in [6, 6.07) is 0. The molecular weight excluding hydrogens is 148 g/mol. The third kappa shape index (κ3) is 5.82. The maximum absolute atomic E-state index is 10.5. The van der Waals surface area contributed by atoms with Gasteiger partial charge in [0.15, 0.2) is 5.12 Å². The lowest BCUT2D eigenvalue weighted by atomic mass is 10.2. The van der Waals surface area contributed by atoms with Crippen molar-refractivity contribution < 1.29 is 9.59 Å². The molecule has 10 heavy (non-hydrogen) atoms. The third-order valence-corrected chi connectivity index (χ3v) is 1.84. The number of ketones is 1. The van der Waals surface area contributed by atoms with Gasteiger partial charge in [-0.1, -0.05) is 18.7 Å². The van der Waals surface area contributed by atoms with Crippen LogP contribution < -0.4 is 0 Å². The molecule has 0 aliphatic rings. The van der Waals surface area contributed by atoms with Crippen LogP contribution in [0.3, 0.4) is 0 Å². The molecule has 0 amide bonds. The smallest absolute Gasteiger partial charge is 0.186 e. The molecule has 1 atom stereocenters. The zero-order chi connectivity index (χ0) is 8.15. The largest absolute Gasteiger partial charge is 0.300 e. The fraction of sp³-hybridized carbons (Fsp3) is 0.714. The molecule has 0 saturated heterocycles. The standard InChI is InChI=1S/C7H12O2S/c1-5(8)4-6(2)10-7(3)9/h6H,4H2,1-3H3. The van der Waals surface area contributed by atoms with Crippen LogP contribution in [0.5, 0.6) is 0 Å². The van der Waals surface area contributed by atoms with Gasteiger partial charge in [0.2, 0.25) is 0 Å². The molecule has 58 valence electrons. The van der Waals surface area contributed by atoms with E-state index >= 15 is 0 Å². The number of rotatable bonds is 3. The molecule has 0 aromatic carbocycles. The fourth-order valence-electron chi connectivity index (χ4n) is 0.730. The Morgan fingerprint density at radius 3 is 2.20 bits per heavy atom. The summed E-state index contributed by atoms with van der Waals surface area (Å²) < 4.78 is 0. The molecule has 0 N–H and O–H groups in total. The number of hydrogen-bond donors (Lipinski definition) is 0. The quantitative estimate of drug-likeness (QED) is 0.629. The normalized spacial score (nSPS) is 12.7. The highest BCUT2D eigenvalue weighted by atomic mass is 32.2. The molecule has 0 spiro atoms. The number of carbonyl (C=O) groups is 2. The molecule has 0 aliphatic carbocycles. The van der Waals surface area contributed by atoms with E-state index in [0.29, 0.717) is 6.42 Å². The molecule has 3 heteroatoms. The second kappa shape index (κ2) is 4.50. The van der Waals surface area contributed by atoms with Gasteiger partial charge in [-0.25, -0.2) is 0 Å². The van der Waals surface area contributed by atoms with Gasteiger partial charge in [0.05, 0.1) is 0 Å². The van der Waals surface area contributed by atoms with E-state index < -0.39 is 0 Å². The van der Waals surface area contributed by atoms with Gasteiger partial charge in [0.1, 0.15) is 5.78 Å². The fourth-order valence-corrected chi connectivity index (χ4v) is 1.61. The first-order valence-electron chi connectivity index (χ1n) is 3.19. The molecule has 0 fully saturated rings. The highest BCUT2D eigenvalue weighted by molar-refractivity contribution is 8.14. The van der Waals surface area contributed by atoms with E-state index in [4.69, 9.17) is 0 Å². The Morgan fingerprint density at radius 2 is 1.90 bits per heavy atom. The second-order valence-electron chi connectivity index (χ2n) is 2.33. The predicted octanol–water partition coefficient (Wildman–Crippen LogP) is 1.63. The van der Waals surface area contributed by atoms with Gasteiger partial charge in [0.25, 0.3) is 0 Å². The molecular formula is C7H12O2S. The van der Waals surface area contributed by atoms with Crippen LogP contribution in [-0.4, -0.2) is 16.1 Å². The Balaban J connectivity index is 3.53. The summed E-state index contributed by atoms with van der Waals surface area (Å²) in [4.78, 5) is 21.0. The Kier molecular flexibility index (Phi) is 4.36. The summed E-state index contributed by atoms with van der Waals surface area (Å²) in [7, 11) is 0. The lowest BCUT2D eigenvalue weighted by Crippen LogP contribution is -2.04. The first kappa shape index (κ1) is 9.69. The van der Waals surface area contributed by atoms with Crippen molar-refractivity contribution in [2.75, 3.05) is 0 Å². The van der Waals surface area contributed by atoms with E-state index in [-0.39, 0.29) is 16.1 Å². The van der Waals surface area contributed by atoms with Crippen molar-refractivity contribution in [1.82, 2.24) is 0 Å². The number of carbonyl (C=O) groups excluding carboxylic acids is 2. The van der Waals surface area contributed by atoms with Crippen molar-refractivity contribution in [3.8, 4) is 0 Å². The van der Waals surface area contributed by atoms with Crippen molar-refractivity contribution in [1.29, 1.82) is 0 Å². The van der Waals surface area contributed by atoms with Gasteiger partial charge in [-0.2, -0.15) is 0 Å². The van der Waals surface area contributed by atoms with Crippen molar-refractivity contribution in [2.45, 2.75) is 32.4 Å². The van der Waals surface area contributed by atoms with E-state index in [1.807, 2.05) is 6.92 Å². The van der Waals surface area contributed by atoms with Crippen LogP contribution in [0.4, 0.5) is 0 Å². The van der Waals surface area contributed by atoms with Crippen LogP contribution in [-0.2, 0) is 9.59 Å². The SMILES string of the molecule is CC(=O)CC(C)SC(C)=O. The Morgan fingerprint density at radius 1 is 1.40 bits per heavy atom. The molecule has 0 rings (SSSR count). The summed E-state index contributed by atoms with van der Waals surface area (Å²) >= 11 is 1.22. The molecule has 1 unspecified atom stereocenters. The Labute approximate surface area is 65.4 Å². The van der Waals surface area contributed by atoms with Gasteiger partial charge in [0, 0.05) is 18.6 Å². The lowest BCUT2D eigenvalue weighted by Gasteiger charge is -2.03. The van der Waals surface area contributed by atoms with E-state index in [1.165, 1.54) is 25.6 Å². The number of Topliss-reactive ketones (excluding diaryl/α,β-unsaturated/α-hetero) is 1. The van der Waals surface area contributed by atoms with Crippen LogP contribution >= 0.6 is 11.8 Å². The predicted molar refractivity (Wildman–Crippen MR) is 43.0 cm³/mol. The van der Waals surface area contributed by atoms with E-state index in [2.05, 4.69) is 0 Å². The summed E-state index contributed by atoms with van der Waals surface area (Å²) in [5.41, 5.74) is 0. The molecule has 0 heterocycles. The van der Waals surface area contributed by atoms with Crippen LogP contribution in [0, 0.1) is 0 Å². The minimum absolute atomic E-state index is 0.0775. The summed E-state index contributed by atoms with van der Waals surface area (Å²) in [6.07, 6.45) is 0.490. The van der Waals surface area contributed by atoms with E-state index in [1.54, 1.807) is 0 Å². The summed E-state index contributed by atoms with van der Waals surface area (Å²) in [5.74, 6) is 0.140. The zero-order valence-corrected chi connectivity index (χ0v) is 7.33. The molecule has 0 bridgehead atoms. The van der Waals surface area contributed by atoms with E-state index in [9.17, 15) is 9.59 Å². The van der Waals surface area contributed by atoms with Gasteiger partial charge in [-0.05, 0) is 6.92 Å². The van der Waals surface area contributed by atoms with E-state index in [0.717, 1.165) is 0 Å². The maximum Gasteiger partial charge on any atom is 0.186 e. The van der Waals surface area contributed by atoms with Crippen LogP contribution in [0.25, 0.3) is 0 Å². The third-order valence-electron chi connectivity index (χ3n) is 0.942.